The highest BCUT2D eigenvalue weighted by molar-refractivity contribution is 6.03. The molecule has 3 heterocycles. The van der Waals surface area contributed by atoms with Crippen molar-refractivity contribution in [2.45, 2.75) is 12.8 Å². The van der Waals surface area contributed by atoms with Crippen molar-refractivity contribution in [3.05, 3.63) is 151 Å². The van der Waals surface area contributed by atoms with Gasteiger partial charge in [-0.1, -0.05) is 121 Å². The third-order valence-electron chi connectivity index (χ3n) is 8.18. The van der Waals surface area contributed by atoms with Gasteiger partial charge in [0, 0.05) is 33.7 Å². The first-order chi connectivity index (χ1) is 21.8. The van der Waals surface area contributed by atoms with Gasteiger partial charge in [-0.3, -0.25) is 4.98 Å². The molecule has 0 aliphatic heterocycles. The van der Waals surface area contributed by atoms with Gasteiger partial charge in [-0.15, -0.1) is 0 Å². The molecule has 0 N–H and O–H groups in total. The highest BCUT2D eigenvalue weighted by Gasteiger charge is 2.13. The second kappa shape index (κ2) is 11.2. The van der Waals surface area contributed by atoms with E-state index in [2.05, 4.69) is 132 Å². The normalized spacial score (nSPS) is 12.9. The minimum absolute atomic E-state index is 0.719. The van der Waals surface area contributed by atoms with Crippen LogP contribution in [-0.4, -0.2) is 19.9 Å². The molecule has 0 unspecified atom stereocenters. The molecule has 1 aliphatic rings. The molecule has 7 aromatic rings. The summed E-state index contributed by atoms with van der Waals surface area (Å²) >= 11 is 0. The van der Waals surface area contributed by atoms with Gasteiger partial charge in [0.2, 0.25) is 0 Å². The fraction of sp³-hybridized carbons (Fsp3) is 0.0500. The molecule has 0 fully saturated rings. The number of allylic oxidation sites excluding steroid dienone is 4. The van der Waals surface area contributed by atoms with Crippen molar-refractivity contribution in [1.29, 1.82) is 0 Å². The monoisotopic (exact) mass is 564 g/mol. The van der Waals surface area contributed by atoms with Gasteiger partial charge in [0.05, 0.1) is 28.1 Å². The maximum atomic E-state index is 5.06. The molecule has 3 aromatic heterocycles. The highest BCUT2D eigenvalue weighted by Crippen LogP contribution is 2.31. The van der Waals surface area contributed by atoms with Gasteiger partial charge >= 0.3 is 0 Å². The van der Waals surface area contributed by atoms with Gasteiger partial charge < -0.3 is 0 Å². The van der Waals surface area contributed by atoms with Crippen LogP contribution in [0.3, 0.4) is 0 Å². The Morgan fingerprint density at radius 1 is 0.455 bits per heavy atom. The largest absolute Gasteiger partial charge is 0.254 e. The van der Waals surface area contributed by atoms with Crippen molar-refractivity contribution < 1.29 is 0 Å². The van der Waals surface area contributed by atoms with E-state index in [1.165, 1.54) is 11.1 Å². The van der Waals surface area contributed by atoms with Crippen LogP contribution < -0.4 is 0 Å². The summed E-state index contributed by atoms with van der Waals surface area (Å²) < 4.78 is 0. The zero-order chi connectivity index (χ0) is 29.3. The third kappa shape index (κ3) is 4.97. The summed E-state index contributed by atoms with van der Waals surface area (Å²) in [7, 11) is 0. The van der Waals surface area contributed by atoms with Crippen LogP contribution in [0.15, 0.2) is 146 Å². The van der Waals surface area contributed by atoms with E-state index in [4.69, 9.17) is 15.0 Å². The molecule has 0 saturated carbocycles. The predicted molar refractivity (Wildman–Crippen MR) is 181 cm³/mol. The Morgan fingerprint density at radius 2 is 1.11 bits per heavy atom. The van der Waals surface area contributed by atoms with Crippen molar-refractivity contribution >= 4 is 27.4 Å². The Kier molecular flexibility index (Phi) is 6.58. The van der Waals surface area contributed by atoms with Crippen LogP contribution in [0.2, 0.25) is 0 Å². The molecule has 208 valence electrons. The van der Waals surface area contributed by atoms with E-state index in [0.717, 1.165) is 79.8 Å². The Bertz CT molecular complexity index is 2200. The second-order valence-corrected chi connectivity index (χ2v) is 11.0. The van der Waals surface area contributed by atoms with Crippen molar-refractivity contribution in [1.82, 2.24) is 19.9 Å². The van der Waals surface area contributed by atoms with Gasteiger partial charge in [0.25, 0.3) is 0 Å². The van der Waals surface area contributed by atoms with E-state index in [9.17, 15) is 0 Å². The fourth-order valence-corrected chi connectivity index (χ4v) is 5.81. The Balaban J connectivity index is 1.17. The molecule has 0 radical (unpaired) electrons. The van der Waals surface area contributed by atoms with E-state index in [0.29, 0.717) is 0 Å². The summed E-state index contributed by atoms with van der Waals surface area (Å²) in [5, 5.41) is 2.17. The lowest BCUT2D eigenvalue weighted by Crippen LogP contribution is -1.99. The standard InChI is InChI=1S/C40H28N4/c1-3-8-27(9-4-1)28-13-21-34(22-14-28)40-43-36(29-10-5-2-6-11-29)26-37(44-40)31-17-15-30(16-18-31)35-24-23-33-20-19-32-12-7-25-41-38(32)39(33)42-35/h1,3-5,7-26H,2,6H2. The topological polar surface area (TPSA) is 51.6 Å². The van der Waals surface area contributed by atoms with Crippen LogP contribution in [-0.2, 0) is 0 Å². The zero-order valence-corrected chi connectivity index (χ0v) is 24.1. The molecule has 4 heteroatoms. The first kappa shape index (κ1) is 25.9. The molecule has 0 bridgehead atoms. The van der Waals surface area contributed by atoms with Crippen molar-refractivity contribution in [3.8, 4) is 45.0 Å². The van der Waals surface area contributed by atoms with Gasteiger partial charge in [-0.2, -0.15) is 0 Å². The fourth-order valence-electron chi connectivity index (χ4n) is 5.81. The molecular weight excluding hydrogens is 536 g/mol. The van der Waals surface area contributed by atoms with Crippen molar-refractivity contribution in [2.24, 2.45) is 0 Å². The van der Waals surface area contributed by atoms with Gasteiger partial charge in [-0.05, 0) is 47.7 Å². The Morgan fingerprint density at radius 3 is 1.89 bits per heavy atom. The minimum Gasteiger partial charge on any atom is -0.254 e. The lowest BCUT2D eigenvalue weighted by Gasteiger charge is -2.12. The Labute approximate surface area is 256 Å². The molecular formula is C40H28N4. The van der Waals surface area contributed by atoms with Crippen LogP contribution in [0.1, 0.15) is 18.5 Å². The SMILES string of the molecule is C1=CC(c2cc(-c3ccc(-c4ccc5ccc6cccnc6c5n4)cc3)nc(-c3ccc(-c4ccccc4)cc3)n2)=CCC1. The summed E-state index contributed by atoms with van der Waals surface area (Å²) in [6.07, 6.45) is 10.6. The number of hydrogen-bond acceptors (Lipinski definition) is 4. The molecule has 4 nitrogen and oxygen atoms in total. The molecule has 44 heavy (non-hydrogen) atoms. The molecule has 1 aliphatic carbocycles. The van der Waals surface area contributed by atoms with E-state index in [1.807, 2.05) is 18.3 Å². The van der Waals surface area contributed by atoms with Crippen LogP contribution in [0.4, 0.5) is 0 Å². The summed E-state index contributed by atoms with van der Waals surface area (Å²) in [6, 6.07) is 42.0. The number of benzene rings is 4. The van der Waals surface area contributed by atoms with Crippen LogP contribution in [0.25, 0.3) is 72.4 Å². The maximum Gasteiger partial charge on any atom is 0.160 e. The molecule has 0 spiro atoms. The quantitative estimate of drug-likeness (QED) is 0.195. The number of rotatable bonds is 5. The van der Waals surface area contributed by atoms with Crippen molar-refractivity contribution in [3.63, 3.8) is 0 Å². The van der Waals surface area contributed by atoms with E-state index in [1.54, 1.807) is 0 Å². The molecule has 0 amide bonds. The molecule has 0 saturated heterocycles. The predicted octanol–water partition coefficient (Wildman–Crippen LogP) is 9.97. The third-order valence-corrected chi connectivity index (χ3v) is 8.18. The lowest BCUT2D eigenvalue weighted by atomic mass is 10.0. The number of aromatic nitrogens is 4. The summed E-state index contributed by atoms with van der Waals surface area (Å²) in [5.74, 6) is 0.719. The number of fused-ring (bicyclic) bond motifs is 3. The van der Waals surface area contributed by atoms with E-state index >= 15 is 0 Å². The van der Waals surface area contributed by atoms with Crippen LogP contribution in [0.5, 0.6) is 0 Å². The zero-order valence-electron chi connectivity index (χ0n) is 24.1. The second-order valence-electron chi connectivity index (χ2n) is 11.0. The van der Waals surface area contributed by atoms with Gasteiger partial charge in [0.1, 0.15) is 0 Å². The average Bonchev–Trinajstić information content (AvgIpc) is 3.12. The van der Waals surface area contributed by atoms with Crippen molar-refractivity contribution in [2.75, 3.05) is 0 Å². The number of pyridine rings is 2. The van der Waals surface area contributed by atoms with E-state index < -0.39 is 0 Å². The smallest absolute Gasteiger partial charge is 0.160 e. The lowest BCUT2D eigenvalue weighted by molar-refractivity contribution is 1.03. The summed E-state index contributed by atoms with van der Waals surface area (Å²) in [6.45, 7) is 0. The summed E-state index contributed by atoms with van der Waals surface area (Å²) in [5.41, 5.74) is 11.2. The number of nitrogens with zero attached hydrogens (tertiary/aromatic N) is 4. The maximum absolute atomic E-state index is 5.06. The molecule has 0 atom stereocenters. The number of hydrogen-bond donors (Lipinski definition) is 0. The molecule has 8 rings (SSSR count). The molecule has 4 aromatic carbocycles. The highest BCUT2D eigenvalue weighted by atomic mass is 14.9. The minimum atomic E-state index is 0.719. The van der Waals surface area contributed by atoms with Gasteiger partial charge in [0.15, 0.2) is 5.82 Å². The first-order valence-corrected chi connectivity index (χ1v) is 15.0. The van der Waals surface area contributed by atoms with Gasteiger partial charge in [-0.25, -0.2) is 15.0 Å². The van der Waals surface area contributed by atoms with Crippen LogP contribution >= 0.6 is 0 Å². The Hall–Kier alpha value is -5.74. The van der Waals surface area contributed by atoms with E-state index in [-0.39, 0.29) is 0 Å². The van der Waals surface area contributed by atoms with Crippen LogP contribution in [0, 0.1) is 0 Å². The first-order valence-electron chi connectivity index (χ1n) is 15.0. The average molecular weight is 565 g/mol. The summed E-state index contributed by atoms with van der Waals surface area (Å²) in [4.78, 5) is 19.7.